The molecule has 0 saturated carbocycles. The molecule has 1 saturated heterocycles. The number of alkyl halides is 3. The van der Waals surface area contributed by atoms with Crippen LogP contribution in [-0.2, 0) is 21.0 Å². The molecule has 1 amide bonds. The normalized spacial score (nSPS) is 18.4. The van der Waals surface area contributed by atoms with Crippen LogP contribution in [0.4, 0.5) is 18.9 Å². The van der Waals surface area contributed by atoms with Crippen molar-refractivity contribution in [1.82, 2.24) is 4.31 Å². The van der Waals surface area contributed by atoms with Gasteiger partial charge in [0.05, 0.1) is 16.3 Å². The quantitative estimate of drug-likeness (QED) is 0.830. The van der Waals surface area contributed by atoms with Gasteiger partial charge in [-0.2, -0.15) is 17.5 Å². The minimum Gasteiger partial charge on any atom is -0.325 e. The average molecular weight is 416 g/mol. The van der Waals surface area contributed by atoms with E-state index in [0.717, 1.165) is 22.5 Å². The molecule has 27 heavy (non-hydrogen) atoms. The van der Waals surface area contributed by atoms with Crippen LogP contribution in [-0.4, -0.2) is 36.3 Å². The van der Waals surface area contributed by atoms with Gasteiger partial charge >= 0.3 is 6.18 Å². The fraction of sp³-hybridized carbons (Fsp3) is 0.235. The molecule has 1 aliphatic heterocycles. The molecule has 1 N–H and O–H groups in total. The van der Waals surface area contributed by atoms with Gasteiger partial charge in [-0.3, -0.25) is 4.79 Å². The lowest BCUT2D eigenvalue weighted by molar-refractivity contribution is -0.137. The van der Waals surface area contributed by atoms with Crippen molar-refractivity contribution in [3.8, 4) is 0 Å². The first kappa shape index (κ1) is 19.7. The van der Waals surface area contributed by atoms with Gasteiger partial charge in [-0.05, 0) is 30.3 Å². The molecular formula is C17H15F3N2O3S2. The molecule has 0 aliphatic carbocycles. The van der Waals surface area contributed by atoms with E-state index in [0.29, 0.717) is 11.8 Å². The second-order valence-electron chi connectivity index (χ2n) is 5.79. The molecule has 144 valence electrons. The molecule has 3 rings (SSSR count). The molecule has 1 fully saturated rings. The molecule has 2 aromatic carbocycles. The number of thioether (sulfide) groups is 1. The van der Waals surface area contributed by atoms with Crippen molar-refractivity contribution in [2.24, 2.45) is 0 Å². The number of hydrogen-bond donors (Lipinski definition) is 1. The smallest absolute Gasteiger partial charge is 0.325 e. The standard InChI is InChI=1S/C17H15F3N2O3S2/c18-17(19,20)12-5-4-8-14(9-12)27(24,25)22-11-26-10-15(22)16(23)21-13-6-2-1-3-7-13/h1-9,15H,10-11H2,(H,21,23)/t15-/m0/s1. The topological polar surface area (TPSA) is 66.5 Å². The number of halogens is 3. The highest BCUT2D eigenvalue weighted by Gasteiger charge is 2.41. The number of carbonyl (C=O) groups excluding carboxylic acids is 1. The van der Waals surface area contributed by atoms with Gasteiger partial charge in [0.1, 0.15) is 6.04 Å². The fourth-order valence-electron chi connectivity index (χ4n) is 2.59. The SMILES string of the molecule is O=C(Nc1ccccc1)[C@@H]1CSCN1S(=O)(=O)c1cccc(C(F)(F)F)c1. The van der Waals surface area contributed by atoms with E-state index in [4.69, 9.17) is 0 Å². The van der Waals surface area contributed by atoms with E-state index in [9.17, 15) is 26.4 Å². The maximum atomic E-state index is 12.9. The van der Waals surface area contributed by atoms with Gasteiger partial charge in [0.15, 0.2) is 0 Å². The summed E-state index contributed by atoms with van der Waals surface area (Å²) in [6.07, 6.45) is -4.66. The zero-order valence-electron chi connectivity index (χ0n) is 13.8. The number of sulfonamides is 1. The third-order valence-electron chi connectivity index (χ3n) is 3.95. The monoisotopic (exact) mass is 416 g/mol. The summed E-state index contributed by atoms with van der Waals surface area (Å²) < 4.78 is 65.3. The number of para-hydroxylation sites is 1. The van der Waals surface area contributed by atoms with E-state index in [1.807, 2.05) is 0 Å². The van der Waals surface area contributed by atoms with Crippen molar-refractivity contribution in [1.29, 1.82) is 0 Å². The Labute approximate surface area is 158 Å². The van der Waals surface area contributed by atoms with Gasteiger partial charge in [-0.1, -0.05) is 24.3 Å². The van der Waals surface area contributed by atoms with Crippen LogP contribution in [0.2, 0.25) is 0 Å². The van der Waals surface area contributed by atoms with Crippen molar-refractivity contribution >= 4 is 33.4 Å². The zero-order chi connectivity index (χ0) is 19.7. The molecule has 0 aromatic heterocycles. The minimum absolute atomic E-state index is 0.00848. The lowest BCUT2D eigenvalue weighted by atomic mass is 10.2. The van der Waals surface area contributed by atoms with Gasteiger partial charge in [0, 0.05) is 11.4 Å². The number of benzene rings is 2. The molecule has 1 heterocycles. The Kier molecular flexibility index (Phi) is 5.50. The molecule has 0 bridgehead atoms. The predicted molar refractivity (Wildman–Crippen MR) is 96.7 cm³/mol. The van der Waals surface area contributed by atoms with E-state index in [-0.39, 0.29) is 11.6 Å². The average Bonchev–Trinajstić information content (AvgIpc) is 3.13. The Balaban J connectivity index is 1.86. The van der Waals surface area contributed by atoms with E-state index in [1.165, 1.54) is 11.8 Å². The summed E-state index contributed by atoms with van der Waals surface area (Å²) in [5.41, 5.74) is -0.545. The summed E-state index contributed by atoms with van der Waals surface area (Å²) in [6.45, 7) is 0. The van der Waals surface area contributed by atoms with Crippen LogP contribution < -0.4 is 5.32 Å². The lowest BCUT2D eigenvalue weighted by Crippen LogP contribution is -2.44. The Morgan fingerprint density at radius 3 is 2.48 bits per heavy atom. The maximum Gasteiger partial charge on any atom is 0.416 e. The molecule has 1 atom stereocenters. The summed E-state index contributed by atoms with van der Waals surface area (Å²) in [7, 11) is -4.26. The highest BCUT2D eigenvalue weighted by molar-refractivity contribution is 8.00. The first-order valence-electron chi connectivity index (χ1n) is 7.82. The van der Waals surface area contributed by atoms with Crippen molar-refractivity contribution in [2.45, 2.75) is 17.1 Å². The third-order valence-corrected chi connectivity index (χ3v) is 6.98. The number of hydrogen-bond acceptors (Lipinski definition) is 4. The van der Waals surface area contributed by atoms with Crippen LogP contribution in [0, 0.1) is 0 Å². The largest absolute Gasteiger partial charge is 0.416 e. The predicted octanol–water partition coefficient (Wildman–Crippen LogP) is 3.41. The first-order chi connectivity index (χ1) is 12.7. The van der Waals surface area contributed by atoms with E-state index < -0.39 is 38.6 Å². The molecule has 0 radical (unpaired) electrons. The van der Waals surface area contributed by atoms with Crippen molar-refractivity contribution in [3.05, 3.63) is 60.2 Å². The van der Waals surface area contributed by atoms with Crippen LogP contribution in [0.15, 0.2) is 59.5 Å². The van der Waals surface area contributed by atoms with E-state index in [1.54, 1.807) is 30.3 Å². The maximum absolute atomic E-state index is 12.9. The summed E-state index contributed by atoms with van der Waals surface area (Å²) in [6, 6.07) is 11.0. The Hall–Kier alpha value is -2.04. The fourth-order valence-corrected chi connectivity index (χ4v) is 5.78. The number of amides is 1. The second kappa shape index (κ2) is 7.53. The van der Waals surface area contributed by atoms with Crippen LogP contribution in [0.5, 0.6) is 0 Å². The summed E-state index contributed by atoms with van der Waals surface area (Å²) in [5, 5.41) is 2.63. The number of nitrogens with zero attached hydrogens (tertiary/aromatic N) is 1. The van der Waals surface area contributed by atoms with Gasteiger partial charge in [0.2, 0.25) is 15.9 Å². The summed E-state index contributed by atoms with van der Waals surface area (Å²) in [5.74, 6) is -0.316. The molecule has 0 unspecified atom stereocenters. The van der Waals surface area contributed by atoms with Crippen molar-refractivity contribution in [3.63, 3.8) is 0 Å². The van der Waals surface area contributed by atoms with E-state index >= 15 is 0 Å². The number of rotatable bonds is 4. The second-order valence-corrected chi connectivity index (χ2v) is 8.68. The molecular weight excluding hydrogens is 401 g/mol. The van der Waals surface area contributed by atoms with Gasteiger partial charge in [0.25, 0.3) is 0 Å². The Morgan fingerprint density at radius 2 is 1.81 bits per heavy atom. The number of nitrogens with one attached hydrogen (secondary N) is 1. The number of anilines is 1. The highest BCUT2D eigenvalue weighted by Crippen LogP contribution is 2.33. The molecule has 0 spiro atoms. The Morgan fingerprint density at radius 1 is 1.11 bits per heavy atom. The van der Waals surface area contributed by atoms with Crippen LogP contribution in [0.25, 0.3) is 0 Å². The number of carbonyl (C=O) groups is 1. The molecule has 10 heteroatoms. The zero-order valence-corrected chi connectivity index (χ0v) is 15.4. The minimum atomic E-state index is -4.66. The molecule has 2 aromatic rings. The summed E-state index contributed by atoms with van der Waals surface area (Å²) >= 11 is 1.22. The van der Waals surface area contributed by atoms with Gasteiger partial charge in [-0.25, -0.2) is 8.42 Å². The Bertz CT molecular complexity index is 934. The van der Waals surface area contributed by atoms with Crippen molar-refractivity contribution in [2.75, 3.05) is 16.9 Å². The van der Waals surface area contributed by atoms with Gasteiger partial charge < -0.3 is 5.32 Å². The van der Waals surface area contributed by atoms with Crippen LogP contribution in [0.1, 0.15) is 5.56 Å². The molecule has 5 nitrogen and oxygen atoms in total. The van der Waals surface area contributed by atoms with Crippen LogP contribution >= 0.6 is 11.8 Å². The first-order valence-corrected chi connectivity index (χ1v) is 10.4. The van der Waals surface area contributed by atoms with E-state index in [2.05, 4.69) is 5.32 Å². The highest BCUT2D eigenvalue weighted by atomic mass is 32.2. The van der Waals surface area contributed by atoms with Crippen LogP contribution in [0.3, 0.4) is 0 Å². The lowest BCUT2D eigenvalue weighted by Gasteiger charge is -2.23. The van der Waals surface area contributed by atoms with Gasteiger partial charge in [-0.15, -0.1) is 11.8 Å². The summed E-state index contributed by atoms with van der Waals surface area (Å²) in [4.78, 5) is 12.0. The molecule has 1 aliphatic rings. The van der Waals surface area contributed by atoms with Crippen molar-refractivity contribution < 1.29 is 26.4 Å². The third kappa shape index (κ3) is 4.28.